The maximum Gasteiger partial charge on any atom is 0.358 e. The van der Waals surface area contributed by atoms with Gasteiger partial charge in [0.2, 0.25) is 0 Å². The second-order valence-corrected chi connectivity index (χ2v) is 6.30. The number of hydrogen-bond donors (Lipinski definition) is 0. The van der Waals surface area contributed by atoms with Gasteiger partial charge in [0.05, 0.1) is 0 Å². The topological polar surface area (TPSA) is 0 Å². The molecule has 0 unspecified atom stereocenters. The zero-order chi connectivity index (χ0) is 12.4. The molecule has 0 N–H and O–H groups in total. The highest BCUT2D eigenvalue weighted by Crippen LogP contribution is 2.02. The first-order chi connectivity index (χ1) is 8.02. The van der Waals surface area contributed by atoms with E-state index in [0.29, 0.717) is 7.14 Å². The molecule has 0 radical (unpaired) electrons. The van der Waals surface area contributed by atoms with E-state index in [2.05, 4.69) is 0 Å². The van der Waals surface area contributed by atoms with Crippen LogP contribution >= 0.6 is 0 Å². The predicted octanol–water partition coefficient (Wildman–Crippen LogP) is -2.62. The van der Waals surface area contributed by atoms with Crippen molar-refractivity contribution in [2.24, 2.45) is 0 Å². The van der Waals surface area contributed by atoms with Crippen LogP contribution in [0.15, 0.2) is 36.4 Å². The number of hydrogen-bond acceptors (Lipinski definition) is 0. The van der Waals surface area contributed by atoms with Gasteiger partial charge in [0.25, 0.3) is 0 Å². The first-order valence-electron chi connectivity index (χ1n) is 4.60. The maximum atomic E-state index is 12.9. The van der Waals surface area contributed by atoms with E-state index in [1.807, 2.05) is 0 Å². The molecule has 0 aliphatic heterocycles. The Hall–Kier alpha value is -0.820. The summed E-state index contributed by atoms with van der Waals surface area (Å²) in [4.78, 5) is 0. The molecule has 18 heavy (non-hydrogen) atoms. The molecular weight excluding hydrogens is 382 g/mol. The highest BCUT2D eigenvalue weighted by atomic mass is 127. The SMILES string of the molecule is Fc1cc(F)cc([I+]c2cc(F)cc(F)c2)c1.[Cl-]. The van der Waals surface area contributed by atoms with Crippen molar-refractivity contribution in [3.63, 3.8) is 0 Å². The van der Waals surface area contributed by atoms with Crippen LogP contribution in [-0.2, 0) is 0 Å². The third-order valence-corrected chi connectivity index (χ3v) is 4.36. The lowest BCUT2D eigenvalue weighted by Crippen LogP contribution is -3.61. The Kier molecular flexibility index (Phi) is 5.40. The van der Waals surface area contributed by atoms with E-state index in [0.717, 1.165) is 12.1 Å². The normalized spacial score (nSPS) is 10.0. The number of rotatable bonds is 2. The summed E-state index contributed by atoms with van der Waals surface area (Å²) in [6.07, 6.45) is 0. The standard InChI is InChI=1S/C12H6F4I.ClH/c13-7-1-8(14)4-11(3-7)17-12-5-9(15)2-10(16)6-12;/h1-6H;1H/q+1;/p-1. The fourth-order valence-electron chi connectivity index (χ4n) is 1.28. The zero-order valence-corrected chi connectivity index (χ0v) is 11.6. The van der Waals surface area contributed by atoms with Gasteiger partial charge in [0, 0.05) is 36.4 Å². The van der Waals surface area contributed by atoms with Gasteiger partial charge in [-0.2, -0.15) is 0 Å². The third-order valence-electron chi connectivity index (χ3n) is 1.87. The number of benzene rings is 2. The minimum absolute atomic E-state index is 0. The largest absolute Gasteiger partial charge is 1.00 e. The van der Waals surface area contributed by atoms with Gasteiger partial charge in [-0.25, -0.2) is 17.6 Å². The van der Waals surface area contributed by atoms with E-state index >= 15 is 0 Å². The molecule has 0 spiro atoms. The van der Waals surface area contributed by atoms with Crippen molar-refractivity contribution < 1.29 is 51.2 Å². The quantitative estimate of drug-likeness (QED) is 0.390. The molecule has 0 saturated heterocycles. The minimum atomic E-state index is -0.998. The van der Waals surface area contributed by atoms with Gasteiger partial charge in [0.15, 0.2) is 7.14 Å². The summed E-state index contributed by atoms with van der Waals surface area (Å²) in [5, 5.41) is 0. The number of halogens is 6. The lowest BCUT2D eigenvalue weighted by molar-refractivity contribution is -0.598. The third kappa shape index (κ3) is 4.13. The Morgan fingerprint density at radius 2 is 0.833 bits per heavy atom. The Balaban J connectivity index is 0.00000162. The van der Waals surface area contributed by atoms with Crippen molar-refractivity contribution in [2.75, 3.05) is 0 Å². The maximum absolute atomic E-state index is 12.9. The van der Waals surface area contributed by atoms with E-state index in [-0.39, 0.29) is 12.4 Å². The molecule has 0 aliphatic carbocycles. The van der Waals surface area contributed by atoms with Gasteiger partial charge >= 0.3 is 21.2 Å². The lowest BCUT2D eigenvalue weighted by Gasteiger charge is -1.91. The summed E-state index contributed by atoms with van der Waals surface area (Å²) in [7, 11) is 0. The molecule has 0 aliphatic rings. The van der Waals surface area contributed by atoms with Crippen LogP contribution < -0.4 is 33.6 Å². The molecule has 0 atom stereocenters. The summed E-state index contributed by atoms with van der Waals surface area (Å²) < 4.78 is 52.5. The lowest BCUT2D eigenvalue weighted by atomic mass is 10.3. The van der Waals surface area contributed by atoms with Crippen molar-refractivity contribution in [2.45, 2.75) is 0 Å². The molecule has 2 aromatic rings. The van der Waals surface area contributed by atoms with Crippen LogP contribution in [0.25, 0.3) is 0 Å². The Morgan fingerprint density at radius 1 is 0.556 bits per heavy atom. The average Bonchev–Trinajstić information content (AvgIpc) is 2.13. The molecular formula is C12H6ClF4I. The Bertz CT molecular complexity index is 470. The first-order valence-corrected chi connectivity index (χ1v) is 6.76. The van der Waals surface area contributed by atoms with E-state index in [1.165, 1.54) is 24.3 Å². The zero-order valence-electron chi connectivity index (χ0n) is 8.73. The van der Waals surface area contributed by atoms with Crippen molar-refractivity contribution >= 4 is 0 Å². The highest BCUT2D eigenvalue weighted by molar-refractivity contribution is 5.07. The molecule has 2 aromatic carbocycles. The summed E-state index contributed by atoms with van der Waals surface area (Å²) >= 11 is -0.998. The summed E-state index contributed by atoms with van der Waals surface area (Å²) in [6.45, 7) is 0. The molecule has 96 valence electrons. The van der Waals surface area contributed by atoms with E-state index < -0.39 is 44.5 Å². The van der Waals surface area contributed by atoms with Crippen LogP contribution in [0.4, 0.5) is 17.6 Å². The van der Waals surface area contributed by atoms with Crippen molar-refractivity contribution in [1.82, 2.24) is 0 Å². The van der Waals surface area contributed by atoms with Crippen LogP contribution in [0.2, 0.25) is 0 Å². The first kappa shape index (κ1) is 15.2. The van der Waals surface area contributed by atoms with E-state index in [4.69, 9.17) is 0 Å². The average molecular weight is 389 g/mol. The molecule has 0 amide bonds. The summed E-state index contributed by atoms with van der Waals surface area (Å²) in [5.41, 5.74) is 0. The van der Waals surface area contributed by atoms with Crippen molar-refractivity contribution in [3.05, 3.63) is 66.8 Å². The molecule has 0 saturated carbocycles. The predicted molar refractivity (Wildman–Crippen MR) is 50.1 cm³/mol. The van der Waals surface area contributed by atoms with Crippen LogP contribution in [0, 0.1) is 30.4 Å². The minimum Gasteiger partial charge on any atom is -1.00 e. The molecule has 6 heteroatoms. The van der Waals surface area contributed by atoms with Gasteiger partial charge in [-0.05, 0) is 0 Å². The van der Waals surface area contributed by atoms with Gasteiger partial charge in [-0.1, -0.05) is 0 Å². The fraction of sp³-hybridized carbons (Fsp3) is 0. The van der Waals surface area contributed by atoms with Crippen molar-refractivity contribution in [3.8, 4) is 0 Å². The Morgan fingerprint density at radius 3 is 1.11 bits per heavy atom. The summed E-state index contributed by atoms with van der Waals surface area (Å²) in [6, 6.07) is 6.25. The van der Waals surface area contributed by atoms with Gasteiger partial charge < -0.3 is 12.4 Å². The van der Waals surface area contributed by atoms with Gasteiger partial charge in [-0.3, -0.25) is 0 Å². The van der Waals surface area contributed by atoms with Crippen LogP contribution in [-0.4, -0.2) is 0 Å². The molecule has 0 bridgehead atoms. The second kappa shape index (κ2) is 6.38. The molecule has 0 nitrogen and oxygen atoms in total. The van der Waals surface area contributed by atoms with Crippen molar-refractivity contribution in [1.29, 1.82) is 0 Å². The Labute approximate surface area is 118 Å². The van der Waals surface area contributed by atoms with Gasteiger partial charge in [-0.15, -0.1) is 0 Å². The highest BCUT2D eigenvalue weighted by Gasteiger charge is 2.19. The van der Waals surface area contributed by atoms with Gasteiger partial charge in [0.1, 0.15) is 23.3 Å². The van der Waals surface area contributed by atoms with E-state index in [1.54, 1.807) is 0 Å². The second-order valence-electron chi connectivity index (χ2n) is 3.27. The van der Waals surface area contributed by atoms with Crippen LogP contribution in [0.5, 0.6) is 0 Å². The van der Waals surface area contributed by atoms with E-state index in [9.17, 15) is 17.6 Å². The fourth-order valence-corrected chi connectivity index (χ4v) is 3.81. The molecule has 0 fully saturated rings. The monoisotopic (exact) mass is 388 g/mol. The molecule has 2 rings (SSSR count). The summed E-state index contributed by atoms with van der Waals surface area (Å²) in [5.74, 6) is -2.73. The van der Waals surface area contributed by atoms with Crippen LogP contribution in [0.1, 0.15) is 0 Å². The van der Waals surface area contributed by atoms with Crippen LogP contribution in [0.3, 0.4) is 0 Å². The molecule has 0 aromatic heterocycles. The molecule has 0 heterocycles. The smallest absolute Gasteiger partial charge is 0.358 e.